The average Bonchev–Trinajstić information content (AvgIpc) is 2.73. The smallest absolute Gasteiger partial charge is 0.266 e. The molecule has 2 heterocycles. The van der Waals surface area contributed by atoms with Gasteiger partial charge in [0.2, 0.25) is 10.0 Å². The van der Waals surface area contributed by atoms with Crippen LogP contribution in [0.4, 0.5) is 0 Å². The van der Waals surface area contributed by atoms with Crippen LogP contribution in [0.1, 0.15) is 0 Å². The van der Waals surface area contributed by atoms with Gasteiger partial charge < -0.3 is 14.7 Å². The second-order valence-electron chi connectivity index (χ2n) is 7.00. The van der Waals surface area contributed by atoms with Crippen LogP contribution in [-0.2, 0) is 14.8 Å². The monoisotopic (exact) mass is 403 g/mol. The number of nitriles is 1. The lowest BCUT2D eigenvalue weighted by atomic mass is 10.2. The van der Waals surface area contributed by atoms with E-state index in [0.29, 0.717) is 39.3 Å². The Hall–Kier alpha value is -2.41. The molecular formula is C19H25N5O3S. The number of nitrogens with zero attached hydrogens (tertiary/aromatic N) is 5. The zero-order valence-corrected chi connectivity index (χ0v) is 16.8. The highest BCUT2D eigenvalue weighted by Gasteiger charge is 2.28. The second-order valence-corrected chi connectivity index (χ2v) is 8.94. The van der Waals surface area contributed by atoms with Gasteiger partial charge >= 0.3 is 0 Å². The molecule has 1 amide bonds. The van der Waals surface area contributed by atoms with Crippen LogP contribution in [0.2, 0.25) is 0 Å². The molecular weight excluding hydrogens is 378 g/mol. The summed E-state index contributed by atoms with van der Waals surface area (Å²) < 4.78 is 26.8. The van der Waals surface area contributed by atoms with E-state index in [0.717, 1.165) is 13.1 Å². The molecule has 1 aromatic carbocycles. The van der Waals surface area contributed by atoms with Crippen molar-refractivity contribution in [2.24, 2.45) is 0 Å². The molecule has 2 fully saturated rings. The molecule has 150 valence electrons. The van der Waals surface area contributed by atoms with Gasteiger partial charge in [0.25, 0.3) is 5.91 Å². The summed E-state index contributed by atoms with van der Waals surface area (Å²) >= 11 is 0. The number of sulfonamides is 1. The summed E-state index contributed by atoms with van der Waals surface area (Å²) in [5, 5.41) is 9.43. The van der Waals surface area contributed by atoms with Gasteiger partial charge in [0.15, 0.2) is 0 Å². The van der Waals surface area contributed by atoms with Gasteiger partial charge in [0, 0.05) is 58.6 Å². The summed E-state index contributed by atoms with van der Waals surface area (Å²) in [5.74, 6) is -0.255. The number of rotatable bonds is 4. The maximum absolute atomic E-state index is 12.7. The first kappa shape index (κ1) is 20.3. The number of carbonyl (C=O) groups is 1. The van der Waals surface area contributed by atoms with Crippen molar-refractivity contribution in [1.29, 1.82) is 5.26 Å². The first-order valence-electron chi connectivity index (χ1n) is 9.31. The van der Waals surface area contributed by atoms with Crippen LogP contribution in [0.3, 0.4) is 0 Å². The van der Waals surface area contributed by atoms with Crippen LogP contribution in [0, 0.1) is 11.3 Å². The van der Waals surface area contributed by atoms with Gasteiger partial charge in [-0.25, -0.2) is 8.42 Å². The minimum absolute atomic E-state index is 0.101. The first-order chi connectivity index (χ1) is 13.4. The number of piperazine rings is 2. The van der Waals surface area contributed by atoms with Crippen molar-refractivity contribution in [3.63, 3.8) is 0 Å². The fourth-order valence-electron chi connectivity index (χ4n) is 3.31. The van der Waals surface area contributed by atoms with Crippen molar-refractivity contribution < 1.29 is 13.2 Å². The summed E-state index contributed by atoms with van der Waals surface area (Å²) in [6.45, 7) is 4.31. The number of hydrogen-bond donors (Lipinski definition) is 0. The molecule has 2 saturated heterocycles. The van der Waals surface area contributed by atoms with Gasteiger partial charge in [-0.1, -0.05) is 18.2 Å². The molecule has 0 bridgehead atoms. The Morgan fingerprint density at radius 3 is 2.18 bits per heavy atom. The zero-order chi connectivity index (χ0) is 20.1. The van der Waals surface area contributed by atoms with Crippen molar-refractivity contribution >= 4 is 15.9 Å². The van der Waals surface area contributed by atoms with Crippen LogP contribution in [0.5, 0.6) is 0 Å². The highest BCUT2D eigenvalue weighted by atomic mass is 32.2. The van der Waals surface area contributed by atoms with Crippen LogP contribution in [0.25, 0.3) is 0 Å². The fraction of sp³-hybridized carbons (Fsp3) is 0.474. The third-order valence-corrected chi connectivity index (χ3v) is 7.02. The van der Waals surface area contributed by atoms with Crippen molar-refractivity contribution in [2.75, 3.05) is 59.4 Å². The Morgan fingerprint density at radius 1 is 1.00 bits per heavy atom. The number of hydrogen-bond acceptors (Lipinski definition) is 6. The van der Waals surface area contributed by atoms with E-state index in [1.165, 1.54) is 4.31 Å². The highest BCUT2D eigenvalue weighted by Crippen LogP contribution is 2.18. The molecule has 2 aliphatic heterocycles. The lowest BCUT2D eigenvalue weighted by molar-refractivity contribution is -0.128. The van der Waals surface area contributed by atoms with Gasteiger partial charge in [-0.15, -0.1) is 0 Å². The summed E-state index contributed by atoms with van der Waals surface area (Å²) in [7, 11) is -1.51. The molecule has 0 aliphatic carbocycles. The highest BCUT2D eigenvalue weighted by molar-refractivity contribution is 7.89. The van der Waals surface area contributed by atoms with Gasteiger partial charge in [-0.05, 0) is 19.2 Å². The van der Waals surface area contributed by atoms with Crippen molar-refractivity contribution in [2.45, 2.75) is 4.90 Å². The molecule has 1 aromatic rings. The van der Waals surface area contributed by atoms with Crippen LogP contribution >= 0.6 is 0 Å². The first-order valence-corrected chi connectivity index (χ1v) is 10.7. The minimum atomic E-state index is -3.52. The average molecular weight is 404 g/mol. The molecule has 3 rings (SSSR count). The Kier molecular flexibility index (Phi) is 6.34. The van der Waals surface area contributed by atoms with Gasteiger partial charge in [-0.2, -0.15) is 9.57 Å². The molecule has 0 saturated carbocycles. The maximum atomic E-state index is 12.7. The number of benzene rings is 1. The normalized spacial score (nSPS) is 20.1. The Labute approximate surface area is 166 Å². The quantitative estimate of drug-likeness (QED) is 0.526. The van der Waals surface area contributed by atoms with E-state index in [1.54, 1.807) is 41.4 Å². The largest absolute Gasteiger partial charge is 0.373 e. The van der Waals surface area contributed by atoms with Crippen molar-refractivity contribution in [3.05, 3.63) is 42.1 Å². The minimum Gasteiger partial charge on any atom is -0.373 e. The van der Waals surface area contributed by atoms with Gasteiger partial charge in [-0.3, -0.25) is 4.79 Å². The molecule has 0 spiro atoms. The third kappa shape index (κ3) is 4.52. The molecule has 0 N–H and O–H groups in total. The lowest BCUT2D eigenvalue weighted by Gasteiger charge is -2.34. The Bertz CT molecular complexity index is 863. The fourth-order valence-corrected chi connectivity index (χ4v) is 4.75. The molecule has 2 aliphatic rings. The van der Waals surface area contributed by atoms with E-state index < -0.39 is 10.0 Å². The Balaban J connectivity index is 1.62. The van der Waals surface area contributed by atoms with E-state index in [1.807, 2.05) is 18.0 Å². The standard InChI is InChI=1S/C19H25N5O3S/c1-21-7-11-23(12-8-21)19(25)17(15-20)16-22-9-13-24(14-10-22)28(26,27)18-5-3-2-4-6-18/h2-6,16H,7-14H2,1H3/b17-16-. The second kappa shape index (κ2) is 8.73. The maximum Gasteiger partial charge on any atom is 0.266 e. The van der Waals surface area contributed by atoms with Crippen LogP contribution in [-0.4, -0.2) is 92.7 Å². The number of likely N-dealkylation sites (N-methyl/N-ethyl adjacent to an activating group) is 1. The SMILES string of the molecule is CN1CCN(C(=O)/C(C#N)=C\N2CCN(S(=O)(=O)c3ccccc3)CC2)CC1. The molecule has 9 heteroatoms. The summed E-state index contributed by atoms with van der Waals surface area (Å²) in [6, 6.07) is 10.4. The number of amides is 1. The molecule has 28 heavy (non-hydrogen) atoms. The van der Waals surface area contributed by atoms with E-state index in [9.17, 15) is 18.5 Å². The molecule has 0 atom stereocenters. The predicted octanol–water partition coefficient (Wildman–Crippen LogP) is 0.174. The molecule has 8 nitrogen and oxygen atoms in total. The Morgan fingerprint density at radius 2 is 1.61 bits per heavy atom. The van der Waals surface area contributed by atoms with E-state index in [4.69, 9.17) is 0 Å². The zero-order valence-electron chi connectivity index (χ0n) is 16.0. The number of carbonyl (C=O) groups excluding carboxylic acids is 1. The summed E-state index contributed by atoms with van der Waals surface area (Å²) in [5.41, 5.74) is 0.101. The third-order valence-electron chi connectivity index (χ3n) is 5.11. The molecule has 0 aromatic heterocycles. The van der Waals surface area contributed by atoms with Crippen molar-refractivity contribution in [1.82, 2.24) is 19.0 Å². The van der Waals surface area contributed by atoms with E-state index >= 15 is 0 Å². The predicted molar refractivity (Wildman–Crippen MR) is 105 cm³/mol. The van der Waals surface area contributed by atoms with Crippen LogP contribution in [0.15, 0.2) is 47.0 Å². The van der Waals surface area contributed by atoms with Gasteiger partial charge in [0.05, 0.1) is 4.90 Å². The molecule has 0 radical (unpaired) electrons. The summed E-state index contributed by atoms with van der Waals surface area (Å²) in [6.07, 6.45) is 1.58. The summed E-state index contributed by atoms with van der Waals surface area (Å²) in [4.78, 5) is 18.6. The molecule has 0 unspecified atom stereocenters. The van der Waals surface area contributed by atoms with E-state index in [2.05, 4.69) is 4.90 Å². The lowest BCUT2D eigenvalue weighted by Crippen LogP contribution is -2.48. The topological polar surface area (TPSA) is 88.0 Å². The van der Waals surface area contributed by atoms with Crippen molar-refractivity contribution in [3.8, 4) is 6.07 Å². The van der Waals surface area contributed by atoms with Gasteiger partial charge in [0.1, 0.15) is 11.6 Å². The van der Waals surface area contributed by atoms with E-state index in [-0.39, 0.29) is 16.4 Å². The van der Waals surface area contributed by atoms with Crippen LogP contribution < -0.4 is 0 Å².